The van der Waals surface area contributed by atoms with E-state index < -0.39 is 23.5 Å². The van der Waals surface area contributed by atoms with Crippen LogP contribution in [0.1, 0.15) is 11.1 Å². The Morgan fingerprint density at radius 2 is 0.960 bits per heavy atom. The summed E-state index contributed by atoms with van der Waals surface area (Å²) in [4.78, 5) is 1.11. The molecule has 0 aliphatic rings. The van der Waals surface area contributed by atoms with E-state index in [-0.39, 0.29) is 0 Å². The van der Waals surface area contributed by atoms with Gasteiger partial charge in [0.2, 0.25) is 0 Å². The van der Waals surface area contributed by atoms with E-state index >= 15 is 0 Å². The van der Waals surface area contributed by atoms with E-state index in [1.807, 2.05) is 0 Å². The standard InChI is InChI=1S/C18H10F6S/c19-17(20,21)13-5-1-3-11(9-13)15-7-8-16(25-15)12-4-2-6-14(10-12)18(22,23)24/h1-10H. The van der Waals surface area contributed by atoms with Crippen LogP contribution in [0.25, 0.3) is 20.9 Å². The summed E-state index contributed by atoms with van der Waals surface area (Å²) in [7, 11) is 0. The highest BCUT2D eigenvalue weighted by atomic mass is 32.1. The Bertz CT molecular complexity index is 817. The van der Waals surface area contributed by atoms with E-state index in [9.17, 15) is 26.3 Å². The highest BCUT2D eigenvalue weighted by Crippen LogP contribution is 2.39. The molecule has 1 aromatic heterocycles. The van der Waals surface area contributed by atoms with Crippen molar-refractivity contribution in [1.82, 2.24) is 0 Å². The van der Waals surface area contributed by atoms with Gasteiger partial charge in [-0.3, -0.25) is 0 Å². The first-order chi connectivity index (χ1) is 11.6. The largest absolute Gasteiger partial charge is 0.416 e. The predicted octanol–water partition coefficient (Wildman–Crippen LogP) is 7.12. The van der Waals surface area contributed by atoms with Gasteiger partial charge in [0.15, 0.2) is 0 Å². The van der Waals surface area contributed by atoms with Crippen LogP contribution in [0.3, 0.4) is 0 Å². The van der Waals surface area contributed by atoms with Gasteiger partial charge in [0, 0.05) is 9.75 Å². The van der Waals surface area contributed by atoms with Crippen LogP contribution >= 0.6 is 11.3 Å². The third kappa shape index (κ3) is 3.87. The molecule has 3 rings (SSSR count). The molecular weight excluding hydrogens is 362 g/mol. The van der Waals surface area contributed by atoms with Crippen LogP contribution in [-0.2, 0) is 12.4 Å². The molecule has 0 fully saturated rings. The summed E-state index contributed by atoms with van der Waals surface area (Å²) in [6, 6.07) is 12.9. The molecule has 0 unspecified atom stereocenters. The van der Waals surface area contributed by atoms with Crippen LogP contribution in [0.4, 0.5) is 26.3 Å². The molecule has 0 saturated carbocycles. The zero-order chi connectivity index (χ0) is 18.2. The topological polar surface area (TPSA) is 0 Å². The van der Waals surface area contributed by atoms with Crippen molar-refractivity contribution in [2.24, 2.45) is 0 Å². The molecule has 0 bridgehead atoms. The molecule has 130 valence electrons. The summed E-state index contributed by atoms with van der Waals surface area (Å²) in [5, 5.41) is 0. The second kappa shape index (κ2) is 6.22. The molecule has 0 atom stereocenters. The van der Waals surface area contributed by atoms with E-state index in [2.05, 4.69) is 0 Å². The van der Waals surface area contributed by atoms with Crippen molar-refractivity contribution < 1.29 is 26.3 Å². The van der Waals surface area contributed by atoms with Gasteiger partial charge in [0.25, 0.3) is 0 Å². The highest BCUT2D eigenvalue weighted by molar-refractivity contribution is 7.18. The number of alkyl halides is 6. The number of halogens is 6. The summed E-state index contributed by atoms with van der Waals surface area (Å²) < 4.78 is 76.8. The van der Waals surface area contributed by atoms with Gasteiger partial charge in [-0.2, -0.15) is 26.3 Å². The molecule has 25 heavy (non-hydrogen) atoms. The Hall–Kier alpha value is -2.28. The van der Waals surface area contributed by atoms with Crippen molar-refractivity contribution in [2.45, 2.75) is 12.4 Å². The Labute approximate surface area is 143 Å². The number of rotatable bonds is 2. The highest BCUT2D eigenvalue weighted by Gasteiger charge is 2.31. The summed E-state index contributed by atoms with van der Waals surface area (Å²) in [5.41, 5.74) is -0.783. The molecular formula is C18H10F6S. The molecule has 0 saturated heterocycles. The smallest absolute Gasteiger partial charge is 0.166 e. The second-order valence-electron chi connectivity index (χ2n) is 5.32. The fourth-order valence-corrected chi connectivity index (χ4v) is 3.34. The molecule has 0 spiro atoms. The van der Waals surface area contributed by atoms with Crippen molar-refractivity contribution in [2.75, 3.05) is 0 Å². The van der Waals surface area contributed by atoms with E-state index in [0.717, 1.165) is 35.6 Å². The molecule has 0 radical (unpaired) electrons. The third-order valence-corrected chi connectivity index (χ3v) is 4.74. The summed E-state index contributed by atoms with van der Waals surface area (Å²) in [6.07, 6.45) is -8.89. The lowest BCUT2D eigenvalue weighted by Crippen LogP contribution is -2.04. The van der Waals surface area contributed by atoms with Gasteiger partial charge in [0.1, 0.15) is 0 Å². The maximum atomic E-state index is 12.8. The lowest BCUT2D eigenvalue weighted by atomic mass is 10.1. The first-order valence-electron chi connectivity index (χ1n) is 7.10. The van der Waals surface area contributed by atoms with E-state index in [4.69, 9.17) is 0 Å². The fraction of sp³-hybridized carbons (Fsp3) is 0.111. The Morgan fingerprint density at radius 3 is 1.32 bits per heavy atom. The van der Waals surface area contributed by atoms with Crippen molar-refractivity contribution >= 4 is 11.3 Å². The minimum Gasteiger partial charge on any atom is -0.166 e. The molecule has 0 aliphatic carbocycles. The molecule has 7 heteroatoms. The van der Waals surface area contributed by atoms with E-state index in [0.29, 0.717) is 20.9 Å². The Balaban J connectivity index is 1.96. The van der Waals surface area contributed by atoms with Crippen LogP contribution in [0.2, 0.25) is 0 Å². The van der Waals surface area contributed by atoms with Gasteiger partial charge < -0.3 is 0 Å². The third-order valence-electron chi connectivity index (χ3n) is 3.55. The van der Waals surface area contributed by atoms with Gasteiger partial charge in [-0.1, -0.05) is 24.3 Å². The summed E-state index contributed by atoms with van der Waals surface area (Å²) >= 11 is 1.14. The molecule has 2 aromatic carbocycles. The Morgan fingerprint density at radius 1 is 0.560 bits per heavy atom. The molecule has 0 aliphatic heterocycles. The van der Waals surface area contributed by atoms with Crippen LogP contribution in [0, 0.1) is 0 Å². The minimum absolute atomic E-state index is 0.373. The van der Waals surface area contributed by atoms with Gasteiger partial charge in [0.05, 0.1) is 11.1 Å². The lowest BCUT2D eigenvalue weighted by molar-refractivity contribution is -0.138. The van der Waals surface area contributed by atoms with E-state index in [1.54, 1.807) is 12.1 Å². The molecule has 1 heterocycles. The normalized spacial score (nSPS) is 12.4. The zero-order valence-electron chi connectivity index (χ0n) is 12.4. The average Bonchev–Trinajstić information content (AvgIpc) is 3.04. The second-order valence-corrected chi connectivity index (χ2v) is 6.40. The van der Waals surface area contributed by atoms with E-state index in [1.165, 1.54) is 24.3 Å². The van der Waals surface area contributed by atoms with Crippen molar-refractivity contribution in [3.8, 4) is 20.9 Å². The monoisotopic (exact) mass is 372 g/mol. The maximum absolute atomic E-state index is 12.8. The van der Waals surface area contributed by atoms with Crippen LogP contribution in [0.5, 0.6) is 0 Å². The SMILES string of the molecule is FC(F)(F)c1cccc(-c2ccc(-c3cccc(C(F)(F)F)c3)s2)c1. The zero-order valence-corrected chi connectivity index (χ0v) is 13.3. The van der Waals surface area contributed by atoms with Crippen molar-refractivity contribution in [3.05, 3.63) is 71.8 Å². The van der Waals surface area contributed by atoms with Gasteiger partial charge in [-0.15, -0.1) is 11.3 Å². The number of hydrogen-bond donors (Lipinski definition) is 0. The van der Waals surface area contributed by atoms with Gasteiger partial charge in [-0.25, -0.2) is 0 Å². The van der Waals surface area contributed by atoms with Crippen LogP contribution in [-0.4, -0.2) is 0 Å². The van der Waals surface area contributed by atoms with Gasteiger partial charge >= 0.3 is 12.4 Å². The Kier molecular flexibility index (Phi) is 4.36. The van der Waals surface area contributed by atoms with Gasteiger partial charge in [-0.05, 0) is 47.5 Å². The van der Waals surface area contributed by atoms with Crippen molar-refractivity contribution in [1.29, 1.82) is 0 Å². The predicted molar refractivity (Wildman–Crippen MR) is 85.2 cm³/mol. The first kappa shape index (κ1) is 17.5. The number of benzene rings is 2. The fourth-order valence-electron chi connectivity index (χ4n) is 2.35. The number of hydrogen-bond acceptors (Lipinski definition) is 1. The minimum atomic E-state index is -4.45. The molecule has 0 nitrogen and oxygen atoms in total. The molecule has 3 aromatic rings. The average molecular weight is 372 g/mol. The molecule has 0 N–H and O–H groups in total. The van der Waals surface area contributed by atoms with Crippen LogP contribution < -0.4 is 0 Å². The summed E-state index contributed by atoms with van der Waals surface area (Å²) in [5.74, 6) is 0. The lowest BCUT2D eigenvalue weighted by Gasteiger charge is -2.08. The number of thiophene rings is 1. The van der Waals surface area contributed by atoms with Crippen LogP contribution in [0.15, 0.2) is 60.7 Å². The van der Waals surface area contributed by atoms with Crippen molar-refractivity contribution in [3.63, 3.8) is 0 Å². The summed E-state index contributed by atoms with van der Waals surface area (Å²) in [6.45, 7) is 0. The molecule has 0 amide bonds. The first-order valence-corrected chi connectivity index (χ1v) is 7.91. The quantitative estimate of drug-likeness (QED) is 0.420. The maximum Gasteiger partial charge on any atom is 0.416 e.